The van der Waals surface area contributed by atoms with Crippen molar-refractivity contribution in [2.24, 2.45) is 0 Å². The van der Waals surface area contributed by atoms with E-state index in [-0.39, 0.29) is 4.90 Å². The van der Waals surface area contributed by atoms with Crippen LogP contribution in [-0.4, -0.2) is 51.8 Å². The number of methoxy groups -OCH3 is 1. The quantitative estimate of drug-likeness (QED) is 0.560. The van der Waals surface area contributed by atoms with Gasteiger partial charge in [0.15, 0.2) is 0 Å². The molecule has 2 aromatic carbocycles. The lowest BCUT2D eigenvalue weighted by Crippen LogP contribution is -2.36. The van der Waals surface area contributed by atoms with E-state index in [1.807, 2.05) is 13.0 Å². The molecule has 0 atom stereocenters. The molecule has 32 heavy (non-hydrogen) atoms. The maximum atomic E-state index is 12.6. The van der Waals surface area contributed by atoms with Crippen molar-refractivity contribution in [3.63, 3.8) is 0 Å². The Morgan fingerprint density at radius 2 is 1.62 bits per heavy atom. The maximum absolute atomic E-state index is 12.6. The van der Waals surface area contributed by atoms with E-state index in [9.17, 15) is 8.42 Å². The number of aryl methyl sites for hydroxylation is 1. The van der Waals surface area contributed by atoms with E-state index < -0.39 is 10.0 Å². The molecule has 4 rings (SSSR count). The molecule has 0 bridgehead atoms. The predicted octanol–water partition coefficient (Wildman–Crippen LogP) is 3.17. The van der Waals surface area contributed by atoms with Gasteiger partial charge in [0, 0.05) is 36.2 Å². The molecule has 0 saturated carbocycles. The number of hydrogen-bond donors (Lipinski definition) is 2. The monoisotopic (exact) mass is 455 g/mol. The van der Waals surface area contributed by atoms with Crippen LogP contribution in [0.15, 0.2) is 59.5 Å². The summed E-state index contributed by atoms with van der Waals surface area (Å²) in [5.74, 6) is 1.93. The second-order valence-corrected chi connectivity index (χ2v) is 8.96. The zero-order valence-electron chi connectivity index (χ0n) is 17.9. The molecular weight excluding hydrogens is 430 g/mol. The number of aromatic nitrogens is 2. The Bertz CT molecular complexity index is 1160. The van der Waals surface area contributed by atoms with Crippen molar-refractivity contribution in [2.75, 3.05) is 48.4 Å². The van der Waals surface area contributed by atoms with Crippen molar-refractivity contribution in [1.29, 1.82) is 0 Å². The highest BCUT2D eigenvalue weighted by Gasteiger charge is 2.16. The third kappa shape index (κ3) is 5.27. The number of ether oxygens (including phenoxy) is 2. The lowest BCUT2D eigenvalue weighted by atomic mass is 10.3. The fourth-order valence-electron chi connectivity index (χ4n) is 3.28. The van der Waals surface area contributed by atoms with Gasteiger partial charge >= 0.3 is 0 Å². The van der Waals surface area contributed by atoms with Gasteiger partial charge in [0.25, 0.3) is 10.0 Å². The van der Waals surface area contributed by atoms with Crippen molar-refractivity contribution in [3.8, 4) is 5.75 Å². The van der Waals surface area contributed by atoms with Gasteiger partial charge in [-0.2, -0.15) is 4.98 Å². The number of nitrogens with one attached hydrogen (secondary N) is 2. The minimum Gasteiger partial charge on any atom is -0.497 e. The van der Waals surface area contributed by atoms with Gasteiger partial charge in [-0.25, -0.2) is 13.4 Å². The molecule has 0 amide bonds. The summed E-state index contributed by atoms with van der Waals surface area (Å²) in [6.07, 6.45) is 0. The normalized spacial score (nSPS) is 14.1. The Morgan fingerprint density at radius 3 is 2.28 bits per heavy atom. The largest absolute Gasteiger partial charge is 0.497 e. The minimum absolute atomic E-state index is 0.157. The van der Waals surface area contributed by atoms with E-state index in [1.54, 1.807) is 36.4 Å². The van der Waals surface area contributed by atoms with Crippen LogP contribution in [0.2, 0.25) is 0 Å². The maximum Gasteiger partial charge on any atom is 0.261 e. The summed E-state index contributed by atoms with van der Waals surface area (Å²) in [5.41, 5.74) is 2.05. The molecule has 0 spiro atoms. The topological polar surface area (TPSA) is 106 Å². The fourth-order valence-corrected chi connectivity index (χ4v) is 4.34. The summed E-state index contributed by atoms with van der Waals surface area (Å²) in [6, 6.07) is 15.1. The van der Waals surface area contributed by atoms with Crippen LogP contribution in [0.1, 0.15) is 5.69 Å². The van der Waals surface area contributed by atoms with Gasteiger partial charge in [-0.15, -0.1) is 0 Å². The molecule has 1 aromatic heterocycles. The fraction of sp³-hybridized carbons (Fsp3) is 0.273. The number of anilines is 4. The van der Waals surface area contributed by atoms with Gasteiger partial charge in [0.05, 0.1) is 25.2 Å². The number of hydrogen-bond acceptors (Lipinski definition) is 8. The van der Waals surface area contributed by atoms with E-state index in [0.717, 1.165) is 30.3 Å². The number of nitrogens with zero attached hydrogens (tertiary/aromatic N) is 3. The van der Waals surface area contributed by atoms with Gasteiger partial charge < -0.3 is 19.7 Å². The second kappa shape index (κ2) is 9.41. The Hall–Kier alpha value is -3.37. The summed E-state index contributed by atoms with van der Waals surface area (Å²) >= 11 is 0. The zero-order valence-corrected chi connectivity index (χ0v) is 18.7. The first kappa shape index (κ1) is 21.8. The Kier molecular flexibility index (Phi) is 6.42. The number of rotatable bonds is 7. The average molecular weight is 456 g/mol. The van der Waals surface area contributed by atoms with Crippen LogP contribution in [0.4, 0.5) is 23.1 Å². The summed E-state index contributed by atoms with van der Waals surface area (Å²) < 4.78 is 38.3. The van der Waals surface area contributed by atoms with E-state index in [0.29, 0.717) is 30.6 Å². The van der Waals surface area contributed by atoms with Crippen molar-refractivity contribution < 1.29 is 17.9 Å². The molecule has 1 aliphatic rings. The van der Waals surface area contributed by atoms with Crippen molar-refractivity contribution in [1.82, 2.24) is 9.97 Å². The SMILES string of the molecule is COc1ccc(S(=O)(=O)Nc2ccc(Nc3nc(C)cc(N4CCOCC4)n3)cc2)cc1. The molecular formula is C22H25N5O4S. The van der Waals surface area contributed by atoms with Crippen LogP contribution in [0, 0.1) is 6.92 Å². The van der Waals surface area contributed by atoms with E-state index in [1.165, 1.54) is 19.2 Å². The summed E-state index contributed by atoms with van der Waals surface area (Å²) in [6.45, 7) is 4.87. The lowest BCUT2D eigenvalue weighted by molar-refractivity contribution is 0.122. The van der Waals surface area contributed by atoms with E-state index in [4.69, 9.17) is 9.47 Å². The molecule has 0 aliphatic carbocycles. The van der Waals surface area contributed by atoms with Crippen molar-refractivity contribution in [2.45, 2.75) is 11.8 Å². The number of morpholine rings is 1. The molecule has 0 radical (unpaired) electrons. The summed E-state index contributed by atoms with van der Waals surface area (Å²) in [4.78, 5) is 11.4. The molecule has 10 heteroatoms. The van der Waals surface area contributed by atoms with E-state index >= 15 is 0 Å². The first-order valence-electron chi connectivity index (χ1n) is 10.2. The molecule has 2 N–H and O–H groups in total. The van der Waals surface area contributed by atoms with Gasteiger partial charge in [0.2, 0.25) is 5.95 Å². The molecule has 1 saturated heterocycles. The Balaban J connectivity index is 1.45. The smallest absolute Gasteiger partial charge is 0.261 e. The van der Waals surface area contributed by atoms with Crippen LogP contribution < -0.4 is 19.7 Å². The third-order valence-corrected chi connectivity index (χ3v) is 6.34. The van der Waals surface area contributed by atoms with Crippen LogP contribution in [0.3, 0.4) is 0 Å². The molecule has 0 unspecified atom stereocenters. The third-order valence-electron chi connectivity index (χ3n) is 4.94. The van der Waals surface area contributed by atoms with Crippen LogP contribution in [0.5, 0.6) is 5.75 Å². The second-order valence-electron chi connectivity index (χ2n) is 7.27. The zero-order chi connectivity index (χ0) is 22.6. The van der Waals surface area contributed by atoms with Crippen LogP contribution in [0.25, 0.3) is 0 Å². The standard InChI is InChI=1S/C22H25N5O4S/c1-16-15-21(27-11-13-31-14-12-27)25-22(23-16)24-17-3-5-18(6-4-17)26-32(28,29)20-9-7-19(30-2)8-10-20/h3-10,15,26H,11-14H2,1-2H3,(H,23,24,25). The average Bonchev–Trinajstić information content (AvgIpc) is 2.80. The molecule has 3 aromatic rings. The van der Waals surface area contributed by atoms with Crippen molar-refractivity contribution >= 4 is 33.2 Å². The van der Waals surface area contributed by atoms with E-state index in [2.05, 4.69) is 24.9 Å². The van der Waals surface area contributed by atoms with Gasteiger partial charge in [0.1, 0.15) is 11.6 Å². The Morgan fingerprint density at radius 1 is 0.969 bits per heavy atom. The summed E-state index contributed by atoms with van der Waals surface area (Å²) in [5, 5.41) is 3.19. The van der Waals surface area contributed by atoms with Crippen LogP contribution in [-0.2, 0) is 14.8 Å². The highest BCUT2D eigenvalue weighted by molar-refractivity contribution is 7.92. The highest BCUT2D eigenvalue weighted by Crippen LogP contribution is 2.23. The van der Waals surface area contributed by atoms with Gasteiger partial charge in [-0.1, -0.05) is 0 Å². The lowest BCUT2D eigenvalue weighted by Gasteiger charge is -2.28. The Labute approximate surface area is 187 Å². The van der Waals surface area contributed by atoms with Crippen LogP contribution >= 0.6 is 0 Å². The predicted molar refractivity (Wildman–Crippen MR) is 123 cm³/mol. The van der Waals surface area contributed by atoms with Crippen molar-refractivity contribution in [3.05, 3.63) is 60.3 Å². The first-order chi connectivity index (χ1) is 15.4. The minimum atomic E-state index is -3.70. The highest BCUT2D eigenvalue weighted by atomic mass is 32.2. The first-order valence-corrected chi connectivity index (χ1v) is 11.6. The molecule has 2 heterocycles. The van der Waals surface area contributed by atoms with Gasteiger partial charge in [-0.3, -0.25) is 4.72 Å². The molecule has 1 aliphatic heterocycles. The molecule has 1 fully saturated rings. The van der Waals surface area contributed by atoms with Gasteiger partial charge in [-0.05, 0) is 55.5 Å². The number of sulfonamides is 1. The molecule has 168 valence electrons. The number of benzene rings is 2. The molecule has 9 nitrogen and oxygen atoms in total. The summed E-state index contributed by atoms with van der Waals surface area (Å²) in [7, 11) is -2.17.